The topological polar surface area (TPSA) is 56.3 Å². The summed E-state index contributed by atoms with van der Waals surface area (Å²) in [7, 11) is 0. The average Bonchev–Trinajstić information content (AvgIpc) is 3.36. The van der Waals surface area contributed by atoms with Gasteiger partial charge in [0.25, 0.3) is 0 Å². The Morgan fingerprint density at radius 2 is 1.90 bits per heavy atom. The van der Waals surface area contributed by atoms with Crippen LogP contribution >= 0.6 is 22.7 Å². The van der Waals surface area contributed by atoms with E-state index in [1.54, 1.807) is 22.7 Å². The summed E-state index contributed by atoms with van der Waals surface area (Å²) in [5.41, 5.74) is 3.44. The van der Waals surface area contributed by atoms with Gasteiger partial charge in [-0.2, -0.15) is 0 Å². The van der Waals surface area contributed by atoms with E-state index in [1.807, 2.05) is 0 Å². The molecule has 148 valence electrons. The van der Waals surface area contributed by atoms with Crippen molar-refractivity contribution in [2.75, 3.05) is 11.4 Å². The van der Waals surface area contributed by atoms with Crippen LogP contribution in [0.25, 0.3) is 11.3 Å². The molecule has 3 aromatic rings. The summed E-state index contributed by atoms with van der Waals surface area (Å²) >= 11 is 3.37. The van der Waals surface area contributed by atoms with Gasteiger partial charge in [-0.15, -0.1) is 22.7 Å². The summed E-state index contributed by atoms with van der Waals surface area (Å²) in [5, 5.41) is 15.8. The van der Waals surface area contributed by atoms with Crippen LogP contribution in [0.2, 0.25) is 0 Å². The van der Waals surface area contributed by atoms with Crippen molar-refractivity contribution in [3.63, 3.8) is 0 Å². The monoisotopic (exact) mass is 436 g/mol. The maximum absolute atomic E-state index is 10.7. The number of carbonyl (C=O) groups excluding carboxylic acids is 1. The molecule has 0 N–H and O–H groups in total. The molecule has 0 saturated heterocycles. The Morgan fingerprint density at radius 3 is 2.52 bits per heavy atom. The molecular formula is C22H25N2NaO2S2. The zero-order chi connectivity index (χ0) is 19.9. The number of unbranched alkanes of at least 4 members (excludes halogenated alkanes) is 1. The van der Waals surface area contributed by atoms with Gasteiger partial charge in [-0.1, -0.05) is 44.2 Å². The molecule has 4 nitrogen and oxygen atoms in total. The van der Waals surface area contributed by atoms with E-state index in [-0.39, 0.29) is 36.0 Å². The molecule has 0 aliphatic carbocycles. The van der Waals surface area contributed by atoms with Crippen LogP contribution in [-0.4, -0.2) is 17.5 Å². The second-order valence-corrected chi connectivity index (χ2v) is 8.99. The number of carbonyl (C=O) groups is 1. The van der Waals surface area contributed by atoms with E-state index in [9.17, 15) is 9.90 Å². The Bertz CT molecular complexity index is 877. The standard InChI is InChI=1S/C22H26N2O2S2.Na/c1-16(2)17-8-10-18(11-9-17)20-15-28-22(23-20)24(12-4-3-7-21(25)26)14-19-6-5-13-27-19;/h5-6,8-11,13,15-16H,3-4,7,12,14H2,1-2H3,(H,25,26);/q;+1/p-1. The number of benzene rings is 1. The summed E-state index contributed by atoms with van der Waals surface area (Å²) in [6, 6.07) is 12.8. The molecule has 0 aliphatic rings. The molecule has 0 amide bonds. The SMILES string of the molecule is CC(C)c1ccc(-c2csc(N(CCCCC(=O)[O-])Cc3cccs3)n2)cc1.[Na+]. The number of hydrogen-bond acceptors (Lipinski definition) is 6. The molecule has 0 aliphatic heterocycles. The first kappa shape index (κ1) is 24.1. The van der Waals surface area contributed by atoms with Gasteiger partial charge < -0.3 is 14.8 Å². The van der Waals surface area contributed by atoms with E-state index in [1.165, 1.54) is 10.4 Å². The van der Waals surface area contributed by atoms with Crippen molar-refractivity contribution in [2.24, 2.45) is 0 Å². The molecule has 0 saturated carbocycles. The Kier molecular flexibility index (Phi) is 9.86. The molecule has 0 fully saturated rings. The zero-order valence-electron chi connectivity index (χ0n) is 17.3. The Balaban J connectivity index is 0.00000300. The van der Waals surface area contributed by atoms with Gasteiger partial charge in [-0.05, 0) is 42.2 Å². The third-order valence-corrected chi connectivity index (χ3v) is 6.38. The number of rotatable bonds is 10. The predicted octanol–water partition coefficient (Wildman–Crippen LogP) is 1.93. The molecule has 0 radical (unpaired) electrons. The van der Waals surface area contributed by atoms with Crippen LogP contribution in [0.3, 0.4) is 0 Å². The van der Waals surface area contributed by atoms with Crippen LogP contribution < -0.4 is 39.6 Å². The van der Waals surface area contributed by atoms with Crippen LogP contribution in [0.5, 0.6) is 0 Å². The average molecular weight is 437 g/mol. The first-order valence-electron chi connectivity index (χ1n) is 9.56. The summed E-state index contributed by atoms with van der Waals surface area (Å²) in [4.78, 5) is 19.1. The minimum Gasteiger partial charge on any atom is -0.550 e. The fourth-order valence-corrected chi connectivity index (χ4v) is 4.57. The third-order valence-electron chi connectivity index (χ3n) is 4.62. The number of carboxylic acid groups (broad SMARTS) is 1. The molecule has 7 heteroatoms. The molecule has 2 aromatic heterocycles. The molecule has 0 unspecified atom stereocenters. The largest absolute Gasteiger partial charge is 1.00 e. The molecule has 29 heavy (non-hydrogen) atoms. The quantitative estimate of drug-likeness (QED) is 0.360. The minimum absolute atomic E-state index is 0. The first-order valence-corrected chi connectivity index (χ1v) is 11.3. The fourth-order valence-electron chi connectivity index (χ4n) is 2.99. The van der Waals surface area contributed by atoms with Gasteiger partial charge in [0, 0.05) is 28.3 Å². The predicted molar refractivity (Wildman–Crippen MR) is 116 cm³/mol. The summed E-state index contributed by atoms with van der Waals surface area (Å²) in [6.45, 7) is 5.96. The van der Waals surface area contributed by atoms with E-state index in [2.05, 4.69) is 65.9 Å². The normalized spacial score (nSPS) is 10.7. The van der Waals surface area contributed by atoms with Gasteiger partial charge in [-0.3, -0.25) is 0 Å². The first-order chi connectivity index (χ1) is 13.5. The van der Waals surface area contributed by atoms with E-state index < -0.39 is 5.97 Å². The summed E-state index contributed by atoms with van der Waals surface area (Å²) in [6.07, 6.45) is 1.54. The summed E-state index contributed by atoms with van der Waals surface area (Å²) in [5.74, 6) is -0.464. The van der Waals surface area contributed by atoms with Gasteiger partial charge in [0.2, 0.25) is 0 Å². The van der Waals surface area contributed by atoms with Crippen LogP contribution in [0.4, 0.5) is 5.13 Å². The second kappa shape index (κ2) is 11.9. The van der Waals surface area contributed by atoms with E-state index in [4.69, 9.17) is 4.98 Å². The number of thiophene rings is 1. The number of aromatic nitrogens is 1. The molecule has 1 aromatic carbocycles. The molecule has 0 spiro atoms. The molecule has 3 rings (SSSR count). The molecular weight excluding hydrogens is 411 g/mol. The number of hydrogen-bond donors (Lipinski definition) is 0. The second-order valence-electron chi connectivity index (χ2n) is 7.12. The maximum Gasteiger partial charge on any atom is 1.00 e. The van der Waals surface area contributed by atoms with Crippen LogP contribution in [0, 0.1) is 0 Å². The Morgan fingerprint density at radius 1 is 1.14 bits per heavy atom. The van der Waals surface area contributed by atoms with Crippen molar-refractivity contribution in [3.05, 3.63) is 57.6 Å². The maximum atomic E-state index is 10.7. The van der Waals surface area contributed by atoms with Gasteiger partial charge in [0.05, 0.1) is 12.2 Å². The van der Waals surface area contributed by atoms with Crippen molar-refractivity contribution in [1.29, 1.82) is 0 Å². The van der Waals surface area contributed by atoms with Crippen LogP contribution in [0.15, 0.2) is 47.2 Å². The Hall–Kier alpha value is -1.18. The van der Waals surface area contributed by atoms with Crippen molar-refractivity contribution >= 4 is 33.8 Å². The third kappa shape index (κ3) is 7.23. The van der Waals surface area contributed by atoms with E-state index in [0.717, 1.165) is 35.9 Å². The molecule has 2 heterocycles. The zero-order valence-corrected chi connectivity index (χ0v) is 20.9. The van der Waals surface area contributed by atoms with Crippen molar-refractivity contribution in [2.45, 2.75) is 45.6 Å². The number of carboxylic acids is 1. The van der Waals surface area contributed by atoms with Gasteiger partial charge in [0.15, 0.2) is 5.13 Å². The van der Waals surface area contributed by atoms with Gasteiger partial charge in [0.1, 0.15) is 0 Å². The fraction of sp³-hybridized carbons (Fsp3) is 0.364. The number of nitrogens with zero attached hydrogens (tertiary/aromatic N) is 2. The number of aliphatic carboxylic acids is 1. The van der Waals surface area contributed by atoms with Crippen molar-refractivity contribution in [1.82, 2.24) is 4.98 Å². The van der Waals surface area contributed by atoms with E-state index in [0.29, 0.717) is 12.3 Å². The van der Waals surface area contributed by atoms with Crippen molar-refractivity contribution in [3.8, 4) is 11.3 Å². The van der Waals surface area contributed by atoms with Gasteiger partial charge in [-0.25, -0.2) is 4.98 Å². The smallest absolute Gasteiger partial charge is 0.550 e. The van der Waals surface area contributed by atoms with Crippen LogP contribution in [-0.2, 0) is 11.3 Å². The minimum atomic E-state index is -0.980. The van der Waals surface area contributed by atoms with Gasteiger partial charge >= 0.3 is 29.6 Å². The Labute approximate surface area is 202 Å². The van der Waals surface area contributed by atoms with Crippen LogP contribution in [0.1, 0.15) is 49.5 Å². The molecule has 0 bridgehead atoms. The number of thiazole rings is 1. The molecule has 0 atom stereocenters. The summed E-state index contributed by atoms with van der Waals surface area (Å²) < 4.78 is 0. The van der Waals surface area contributed by atoms with Crippen molar-refractivity contribution < 1.29 is 39.5 Å². The van der Waals surface area contributed by atoms with E-state index >= 15 is 0 Å². The number of anilines is 1.